The summed E-state index contributed by atoms with van der Waals surface area (Å²) in [5.74, 6) is -1.20. The molecule has 0 saturated heterocycles. The number of hydrogen-bond acceptors (Lipinski definition) is 5. The number of allylic oxidation sites excluding steroid dienone is 2. The van der Waals surface area contributed by atoms with E-state index >= 15 is 0 Å². The third-order valence-electron chi connectivity index (χ3n) is 5.84. The zero-order valence-corrected chi connectivity index (χ0v) is 18.3. The van der Waals surface area contributed by atoms with E-state index in [1.165, 1.54) is 0 Å². The fourth-order valence-electron chi connectivity index (χ4n) is 4.04. The fourth-order valence-corrected chi connectivity index (χ4v) is 4.04. The Morgan fingerprint density at radius 2 is 1.97 bits per heavy atom. The number of cyclic esters (lactones) is 1. The van der Waals surface area contributed by atoms with Crippen LogP contribution in [0.2, 0.25) is 0 Å². The number of nitrogens with zero attached hydrogens (tertiary/aromatic N) is 1. The second kappa shape index (κ2) is 10.1. The molecule has 2 heterocycles. The molecule has 31 heavy (non-hydrogen) atoms. The van der Waals surface area contributed by atoms with Gasteiger partial charge in [-0.3, -0.25) is 14.4 Å². The quantitative estimate of drug-likeness (QED) is 0.568. The minimum atomic E-state index is -0.728. The lowest BCUT2D eigenvalue weighted by Crippen LogP contribution is -2.51. The standard InChI is InChI=1S/C24H32N2O5/c1-24(2)16-31-22(29)11-5-3-4-9-18(23(30)25-24)13-21(28)26-14-19-10-7-6-8-17(19)12-20(26)15-27/h3-4,6-8,10,18,20,27H,5,9,11-16H2,1-2H3,(H,25,30). The van der Waals surface area contributed by atoms with Gasteiger partial charge in [-0.05, 0) is 44.2 Å². The summed E-state index contributed by atoms with van der Waals surface area (Å²) in [6, 6.07) is 7.65. The second-order valence-corrected chi connectivity index (χ2v) is 9.01. The molecular weight excluding hydrogens is 396 g/mol. The van der Waals surface area contributed by atoms with Crippen molar-refractivity contribution < 1.29 is 24.2 Å². The van der Waals surface area contributed by atoms with E-state index in [0.717, 1.165) is 11.1 Å². The van der Waals surface area contributed by atoms with Gasteiger partial charge in [0.25, 0.3) is 0 Å². The third kappa shape index (κ3) is 6.17. The highest BCUT2D eigenvalue weighted by Gasteiger charge is 2.33. The predicted octanol–water partition coefficient (Wildman–Crippen LogP) is 2.12. The number of carbonyl (C=O) groups excluding carboxylic acids is 3. The number of hydrogen-bond donors (Lipinski definition) is 2. The molecule has 2 N–H and O–H groups in total. The number of rotatable bonds is 3. The lowest BCUT2D eigenvalue weighted by molar-refractivity contribution is -0.147. The minimum Gasteiger partial charge on any atom is -0.463 e. The number of ether oxygens (including phenoxy) is 1. The topological polar surface area (TPSA) is 95.9 Å². The van der Waals surface area contributed by atoms with Crippen molar-refractivity contribution in [1.82, 2.24) is 10.2 Å². The van der Waals surface area contributed by atoms with E-state index in [4.69, 9.17) is 4.74 Å². The van der Waals surface area contributed by atoms with Crippen molar-refractivity contribution in [3.8, 4) is 0 Å². The van der Waals surface area contributed by atoms with Crippen molar-refractivity contribution >= 4 is 17.8 Å². The van der Waals surface area contributed by atoms with E-state index in [1.54, 1.807) is 18.7 Å². The normalized spacial score (nSPS) is 24.3. The Labute approximate surface area is 183 Å². The molecular formula is C24H32N2O5. The first-order chi connectivity index (χ1) is 14.8. The van der Waals surface area contributed by atoms with Crippen molar-refractivity contribution in [3.63, 3.8) is 0 Å². The lowest BCUT2D eigenvalue weighted by Gasteiger charge is -2.37. The Kier molecular flexibility index (Phi) is 7.49. The van der Waals surface area contributed by atoms with E-state index in [1.807, 2.05) is 36.4 Å². The first-order valence-corrected chi connectivity index (χ1v) is 10.9. The molecule has 2 unspecified atom stereocenters. The number of aliphatic hydroxyl groups excluding tert-OH is 1. The van der Waals surface area contributed by atoms with Crippen molar-refractivity contribution in [2.24, 2.45) is 5.92 Å². The molecule has 1 aromatic carbocycles. The average Bonchev–Trinajstić information content (AvgIpc) is 2.74. The van der Waals surface area contributed by atoms with Gasteiger partial charge in [0.15, 0.2) is 0 Å². The van der Waals surface area contributed by atoms with Gasteiger partial charge in [-0.2, -0.15) is 0 Å². The number of carbonyl (C=O) groups is 3. The van der Waals surface area contributed by atoms with Gasteiger partial charge in [0, 0.05) is 19.4 Å². The van der Waals surface area contributed by atoms with Gasteiger partial charge in [0.2, 0.25) is 11.8 Å². The molecule has 0 saturated carbocycles. The SMILES string of the molecule is CC1(C)COC(=O)CCC=CCC(CC(=O)N2Cc3ccccc3CC2CO)C(=O)N1. The van der Waals surface area contributed by atoms with E-state index in [-0.39, 0.29) is 49.9 Å². The van der Waals surface area contributed by atoms with Crippen LogP contribution in [0.15, 0.2) is 36.4 Å². The van der Waals surface area contributed by atoms with Gasteiger partial charge in [0.1, 0.15) is 6.61 Å². The van der Waals surface area contributed by atoms with Crippen LogP contribution >= 0.6 is 0 Å². The fraction of sp³-hybridized carbons (Fsp3) is 0.542. The highest BCUT2D eigenvalue weighted by molar-refractivity contribution is 5.86. The maximum atomic E-state index is 13.2. The highest BCUT2D eigenvalue weighted by atomic mass is 16.5. The molecule has 2 atom stereocenters. The molecule has 0 aromatic heterocycles. The molecule has 7 nitrogen and oxygen atoms in total. The van der Waals surface area contributed by atoms with Crippen LogP contribution in [0.25, 0.3) is 0 Å². The first-order valence-electron chi connectivity index (χ1n) is 10.9. The number of nitrogens with one attached hydrogen (secondary N) is 1. The number of aliphatic hydroxyl groups is 1. The summed E-state index contributed by atoms with van der Waals surface area (Å²) >= 11 is 0. The average molecular weight is 429 g/mol. The smallest absolute Gasteiger partial charge is 0.306 e. The molecule has 0 bridgehead atoms. The third-order valence-corrected chi connectivity index (χ3v) is 5.84. The Morgan fingerprint density at radius 3 is 2.71 bits per heavy atom. The summed E-state index contributed by atoms with van der Waals surface area (Å²) < 4.78 is 5.26. The molecule has 0 spiro atoms. The minimum absolute atomic E-state index is 0.0602. The van der Waals surface area contributed by atoms with Gasteiger partial charge in [0.05, 0.1) is 24.1 Å². The number of benzene rings is 1. The van der Waals surface area contributed by atoms with Gasteiger partial charge in [-0.15, -0.1) is 0 Å². The molecule has 0 aliphatic carbocycles. The zero-order chi connectivity index (χ0) is 22.4. The summed E-state index contributed by atoms with van der Waals surface area (Å²) in [6.45, 7) is 3.99. The maximum absolute atomic E-state index is 13.2. The number of amides is 2. The Morgan fingerprint density at radius 1 is 1.23 bits per heavy atom. The second-order valence-electron chi connectivity index (χ2n) is 9.01. The molecule has 1 aromatic rings. The summed E-state index contributed by atoms with van der Waals surface area (Å²) in [6.07, 6.45) is 5.61. The largest absolute Gasteiger partial charge is 0.463 e. The van der Waals surface area contributed by atoms with Crippen LogP contribution in [0.3, 0.4) is 0 Å². The van der Waals surface area contributed by atoms with Crippen LogP contribution in [-0.4, -0.2) is 52.6 Å². The molecule has 2 amide bonds. The van der Waals surface area contributed by atoms with Crippen LogP contribution in [-0.2, 0) is 32.1 Å². The van der Waals surface area contributed by atoms with E-state index < -0.39 is 11.5 Å². The van der Waals surface area contributed by atoms with E-state index in [2.05, 4.69) is 5.32 Å². The van der Waals surface area contributed by atoms with Crippen LogP contribution in [0.5, 0.6) is 0 Å². The van der Waals surface area contributed by atoms with Crippen LogP contribution in [0, 0.1) is 5.92 Å². The lowest BCUT2D eigenvalue weighted by atomic mass is 9.92. The Hall–Kier alpha value is -2.67. The first kappa shape index (κ1) is 23.0. The molecule has 0 fully saturated rings. The van der Waals surface area contributed by atoms with Gasteiger partial charge >= 0.3 is 5.97 Å². The number of esters is 1. The van der Waals surface area contributed by atoms with Crippen LogP contribution in [0.4, 0.5) is 0 Å². The van der Waals surface area contributed by atoms with Gasteiger partial charge < -0.3 is 20.1 Å². The molecule has 7 heteroatoms. The van der Waals surface area contributed by atoms with Gasteiger partial charge in [-0.25, -0.2) is 0 Å². The summed E-state index contributed by atoms with van der Waals surface area (Å²) in [5, 5.41) is 12.8. The molecule has 2 aliphatic heterocycles. The summed E-state index contributed by atoms with van der Waals surface area (Å²) in [7, 11) is 0. The maximum Gasteiger partial charge on any atom is 0.306 e. The summed E-state index contributed by atoms with van der Waals surface area (Å²) in [5.41, 5.74) is 1.49. The molecule has 2 aliphatic rings. The number of fused-ring (bicyclic) bond motifs is 1. The Balaban J connectivity index is 1.74. The monoisotopic (exact) mass is 428 g/mol. The van der Waals surface area contributed by atoms with Crippen molar-refractivity contribution in [2.75, 3.05) is 13.2 Å². The van der Waals surface area contributed by atoms with Crippen molar-refractivity contribution in [2.45, 2.75) is 64.1 Å². The Bertz CT molecular complexity index is 848. The molecule has 168 valence electrons. The van der Waals surface area contributed by atoms with E-state index in [9.17, 15) is 19.5 Å². The van der Waals surface area contributed by atoms with Crippen molar-refractivity contribution in [3.05, 3.63) is 47.5 Å². The van der Waals surface area contributed by atoms with Crippen LogP contribution < -0.4 is 5.32 Å². The van der Waals surface area contributed by atoms with Gasteiger partial charge in [-0.1, -0.05) is 36.4 Å². The highest BCUT2D eigenvalue weighted by Crippen LogP contribution is 2.25. The molecule has 0 radical (unpaired) electrons. The summed E-state index contributed by atoms with van der Waals surface area (Å²) in [4.78, 5) is 39.7. The van der Waals surface area contributed by atoms with Crippen molar-refractivity contribution in [1.29, 1.82) is 0 Å². The predicted molar refractivity (Wildman–Crippen MR) is 116 cm³/mol. The zero-order valence-electron chi connectivity index (χ0n) is 18.3. The van der Waals surface area contributed by atoms with Crippen LogP contribution in [0.1, 0.15) is 50.7 Å². The molecule has 3 rings (SSSR count). The van der Waals surface area contributed by atoms with E-state index in [0.29, 0.717) is 25.8 Å².